The Balaban J connectivity index is 2.04. The van der Waals surface area contributed by atoms with E-state index in [2.05, 4.69) is 16.9 Å². The van der Waals surface area contributed by atoms with E-state index >= 15 is 0 Å². The van der Waals surface area contributed by atoms with E-state index in [4.69, 9.17) is 17.3 Å². The zero-order valence-corrected chi connectivity index (χ0v) is 12.3. The van der Waals surface area contributed by atoms with Gasteiger partial charge >= 0.3 is 0 Å². The standard InChI is InChI=1S/C14H16ClN3S/c1-2-3-11-8-13(16)18-14(17-11)9-19-12-6-4-10(15)5-7-12/h4-8H,2-3,9H2,1H3,(H2,16,17,18). The van der Waals surface area contributed by atoms with Gasteiger partial charge in [0.05, 0.1) is 5.75 Å². The third-order valence-electron chi connectivity index (χ3n) is 2.53. The minimum atomic E-state index is 0.546. The van der Waals surface area contributed by atoms with Crippen LogP contribution in [0.5, 0.6) is 0 Å². The number of anilines is 1. The zero-order chi connectivity index (χ0) is 13.7. The van der Waals surface area contributed by atoms with Gasteiger partial charge in [-0.3, -0.25) is 0 Å². The van der Waals surface area contributed by atoms with Crippen molar-refractivity contribution in [1.82, 2.24) is 9.97 Å². The van der Waals surface area contributed by atoms with Gasteiger partial charge < -0.3 is 5.73 Å². The molecule has 0 spiro atoms. The van der Waals surface area contributed by atoms with Crippen LogP contribution in [0.2, 0.25) is 5.02 Å². The summed E-state index contributed by atoms with van der Waals surface area (Å²) in [5.74, 6) is 2.04. The molecule has 1 aromatic carbocycles. The van der Waals surface area contributed by atoms with Crippen molar-refractivity contribution >= 4 is 29.2 Å². The van der Waals surface area contributed by atoms with Crippen molar-refractivity contribution < 1.29 is 0 Å². The molecule has 0 saturated carbocycles. The second-order valence-electron chi connectivity index (χ2n) is 4.19. The summed E-state index contributed by atoms with van der Waals surface area (Å²) in [5, 5.41) is 0.745. The first-order valence-corrected chi connectivity index (χ1v) is 7.54. The quantitative estimate of drug-likeness (QED) is 0.848. The van der Waals surface area contributed by atoms with E-state index in [0.29, 0.717) is 11.6 Å². The van der Waals surface area contributed by atoms with Crippen molar-refractivity contribution in [3.8, 4) is 0 Å². The van der Waals surface area contributed by atoms with E-state index in [-0.39, 0.29) is 0 Å². The highest BCUT2D eigenvalue weighted by Crippen LogP contribution is 2.23. The SMILES string of the molecule is CCCc1cc(N)nc(CSc2ccc(Cl)cc2)n1. The van der Waals surface area contributed by atoms with Gasteiger partial charge in [-0.05, 0) is 30.7 Å². The van der Waals surface area contributed by atoms with Crippen LogP contribution in [0.3, 0.4) is 0 Å². The molecule has 0 bridgehead atoms. The van der Waals surface area contributed by atoms with Crippen molar-refractivity contribution in [3.63, 3.8) is 0 Å². The normalized spacial score (nSPS) is 10.6. The smallest absolute Gasteiger partial charge is 0.141 e. The molecule has 0 atom stereocenters. The molecular weight excluding hydrogens is 278 g/mol. The predicted octanol–water partition coefficient (Wildman–Crippen LogP) is 3.96. The summed E-state index contributed by atoms with van der Waals surface area (Å²) in [4.78, 5) is 9.93. The molecule has 0 unspecified atom stereocenters. The molecule has 2 aromatic rings. The third-order valence-corrected chi connectivity index (χ3v) is 3.79. The van der Waals surface area contributed by atoms with Gasteiger partial charge in [-0.25, -0.2) is 9.97 Å². The number of hydrogen-bond donors (Lipinski definition) is 1. The molecule has 0 amide bonds. The summed E-state index contributed by atoms with van der Waals surface area (Å²) >= 11 is 7.53. The number of nitrogen functional groups attached to an aromatic ring is 1. The lowest BCUT2D eigenvalue weighted by molar-refractivity contribution is 0.856. The molecule has 0 aliphatic carbocycles. The fourth-order valence-corrected chi connectivity index (χ4v) is 2.58. The fourth-order valence-electron chi connectivity index (χ4n) is 1.70. The van der Waals surface area contributed by atoms with Gasteiger partial charge in [0, 0.05) is 21.7 Å². The molecule has 1 aromatic heterocycles. The summed E-state index contributed by atoms with van der Waals surface area (Å²) in [7, 11) is 0. The maximum Gasteiger partial charge on any atom is 0.141 e. The number of halogens is 1. The molecule has 1 heterocycles. The summed E-state index contributed by atoms with van der Waals surface area (Å²) in [5.41, 5.74) is 6.82. The van der Waals surface area contributed by atoms with Crippen LogP contribution in [0, 0.1) is 0 Å². The first-order chi connectivity index (χ1) is 9.17. The monoisotopic (exact) mass is 293 g/mol. The summed E-state index contributed by atoms with van der Waals surface area (Å²) in [6, 6.07) is 9.59. The van der Waals surface area contributed by atoms with Gasteiger partial charge in [0.15, 0.2) is 0 Å². The maximum absolute atomic E-state index is 5.85. The van der Waals surface area contributed by atoms with E-state index in [1.807, 2.05) is 30.3 Å². The van der Waals surface area contributed by atoms with Crippen molar-refractivity contribution in [2.45, 2.75) is 30.4 Å². The Morgan fingerprint density at radius 3 is 2.63 bits per heavy atom. The Kier molecular flexibility index (Phi) is 5.05. The van der Waals surface area contributed by atoms with Crippen LogP contribution in [0.4, 0.5) is 5.82 Å². The van der Waals surface area contributed by atoms with Crippen LogP contribution in [0.15, 0.2) is 35.2 Å². The Bertz CT molecular complexity index is 543. The van der Waals surface area contributed by atoms with E-state index in [9.17, 15) is 0 Å². The minimum Gasteiger partial charge on any atom is -0.384 e. The van der Waals surface area contributed by atoms with Crippen molar-refractivity contribution in [2.75, 3.05) is 5.73 Å². The van der Waals surface area contributed by atoms with Crippen LogP contribution in [0.1, 0.15) is 24.9 Å². The van der Waals surface area contributed by atoms with Gasteiger partial charge in [-0.2, -0.15) is 0 Å². The first-order valence-electron chi connectivity index (χ1n) is 6.18. The van der Waals surface area contributed by atoms with Gasteiger partial charge in [0.25, 0.3) is 0 Å². The number of rotatable bonds is 5. The lowest BCUT2D eigenvalue weighted by atomic mass is 10.2. The lowest BCUT2D eigenvalue weighted by Gasteiger charge is -2.05. The number of hydrogen-bond acceptors (Lipinski definition) is 4. The van der Waals surface area contributed by atoms with E-state index < -0.39 is 0 Å². The average Bonchev–Trinajstić information content (AvgIpc) is 2.38. The van der Waals surface area contributed by atoms with Gasteiger partial charge in [-0.15, -0.1) is 11.8 Å². The summed E-state index contributed by atoms with van der Waals surface area (Å²) in [6.07, 6.45) is 1.99. The second-order valence-corrected chi connectivity index (χ2v) is 5.68. The van der Waals surface area contributed by atoms with E-state index in [1.54, 1.807) is 11.8 Å². The number of aromatic nitrogens is 2. The molecule has 3 nitrogen and oxygen atoms in total. The molecule has 0 fully saturated rings. The van der Waals surface area contributed by atoms with Gasteiger partial charge in [0.1, 0.15) is 11.6 Å². The molecule has 0 saturated heterocycles. The van der Waals surface area contributed by atoms with Crippen molar-refractivity contribution in [2.24, 2.45) is 0 Å². The molecule has 2 N–H and O–H groups in total. The summed E-state index contributed by atoms with van der Waals surface area (Å²) < 4.78 is 0. The Morgan fingerprint density at radius 2 is 1.95 bits per heavy atom. The third kappa shape index (κ3) is 4.40. The number of nitrogens with zero attached hydrogens (tertiary/aromatic N) is 2. The highest BCUT2D eigenvalue weighted by molar-refractivity contribution is 7.98. The van der Waals surface area contributed by atoms with Crippen LogP contribution in [0.25, 0.3) is 0 Å². The molecular formula is C14H16ClN3S. The van der Waals surface area contributed by atoms with Crippen LogP contribution < -0.4 is 5.73 Å². The van der Waals surface area contributed by atoms with Crippen LogP contribution in [-0.4, -0.2) is 9.97 Å². The van der Waals surface area contributed by atoms with Gasteiger partial charge in [-0.1, -0.05) is 24.9 Å². The maximum atomic E-state index is 5.85. The van der Waals surface area contributed by atoms with Gasteiger partial charge in [0.2, 0.25) is 0 Å². The average molecular weight is 294 g/mol. The molecule has 0 aliphatic heterocycles. The van der Waals surface area contributed by atoms with Crippen LogP contribution in [-0.2, 0) is 12.2 Å². The molecule has 19 heavy (non-hydrogen) atoms. The first kappa shape index (κ1) is 14.2. The number of benzene rings is 1. The number of nitrogens with two attached hydrogens (primary N) is 1. The molecule has 0 aliphatic rings. The topological polar surface area (TPSA) is 51.8 Å². The molecule has 5 heteroatoms. The predicted molar refractivity (Wildman–Crippen MR) is 81.5 cm³/mol. The zero-order valence-electron chi connectivity index (χ0n) is 10.8. The van der Waals surface area contributed by atoms with Crippen molar-refractivity contribution in [3.05, 3.63) is 46.9 Å². The Morgan fingerprint density at radius 1 is 1.21 bits per heavy atom. The van der Waals surface area contributed by atoms with Crippen molar-refractivity contribution in [1.29, 1.82) is 0 Å². The minimum absolute atomic E-state index is 0.546. The lowest BCUT2D eigenvalue weighted by Crippen LogP contribution is -2.02. The number of aryl methyl sites for hydroxylation is 1. The number of thioether (sulfide) groups is 1. The molecule has 0 radical (unpaired) electrons. The highest BCUT2D eigenvalue weighted by Gasteiger charge is 2.03. The highest BCUT2D eigenvalue weighted by atomic mass is 35.5. The largest absolute Gasteiger partial charge is 0.384 e. The molecule has 100 valence electrons. The Hall–Kier alpha value is -1.26. The Labute approximate surface area is 122 Å². The summed E-state index contributed by atoms with van der Waals surface area (Å²) in [6.45, 7) is 2.13. The fraction of sp³-hybridized carbons (Fsp3) is 0.286. The second kappa shape index (κ2) is 6.78. The molecule has 2 rings (SSSR count). The van der Waals surface area contributed by atoms with E-state index in [0.717, 1.165) is 34.3 Å². The van der Waals surface area contributed by atoms with E-state index in [1.165, 1.54) is 0 Å². The van der Waals surface area contributed by atoms with Crippen LogP contribution >= 0.6 is 23.4 Å².